The molecule has 5 heteroatoms. The van der Waals surface area contributed by atoms with E-state index in [0.29, 0.717) is 6.54 Å². The third-order valence-corrected chi connectivity index (χ3v) is 4.50. The minimum absolute atomic E-state index is 0.0576. The van der Waals surface area contributed by atoms with Gasteiger partial charge in [0.25, 0.3) is 0 Å². The second kappa shape index (κ2) is 7.62. The first-order valence-corrected chi connectivity index (χ1v) is 7.58. The van der Waals surface area contributed by atoms with Gasteiger partial charge in [-0.1, -0.05) is 26.3 Å². The number of carbonyl (C=O) groups is 1. The van der Waals surface area contributed by atoms with Crippen LogP contribution in [-0.2, 0) is 4.79 Å². The van der Waals surface area contributed by atoms with Crippen LogP contribution in [0.1, 0.15) is 31.2 Å². The summed E-state index contributed by atoms with van der Waals surface area (Å²) >= 11 is 1.71. The molecule has 0 spiro atoms. The fraction of sp³-hybridized carbons (Fsp3) is 0.643. The lowest BCUT2D eigenvalue weighted by Gasteiger charge is -2.25. The highest BCUT2D eigenvalue weighted by Crippen LogP contribution is 2.22. The van der Waals surface area contributed by atoms with E-state index in [1.807, 2.05) is 34.0 Å². The molecule has 0 aliphatic heterocycles. The lowest BCUT2D eigenvalue weighted by Crippen LogP contribution is -2.46. The number of hydrogen-bond donors (Lipinski definition) is 2. The molecule has 108 valence electrons. The van der Waals surface area contributed by atoms with Crippen molar-refractivity contribution in [1.82, 2.24) is 10.2 Å². The number of nitrogens with zero attached hydrogens (tertiary/aromatic N) is 1. The zero-order valence-electron chi connectivity index (χ0n) is 12.2. The molecule has 1 unspecified atom stereocenters. The summed E-state index contributed by atoms with van der Waals surface area (Å²) in [4.78, 5) is 15.4. The van der Waals surface area contributed by atoms with E-state index in [9.17, 15) is 4.79 Å². The predicted octanol–water partition coefficient (Wildman–Crippen LogP) is 1.84. The average molecular weight is 283 g/mol. The Morgan fingerprint density at radius 1 is 1.53 bits per heavy atom. The molecule has 1 aromatic heterocycles. The second-order valence-electron chi connectivity index (χ2n) is 5.15. The highest BCUT2D eigenvalue weighted by Gasteiger charge is 2.21. The molecule has 1 aromatic rings. The maximum atomic E-state index is 12.0. The van der Waals surface area contributed by atoms with E-state index in [4.69, 9.17) is 5.73 Å². The van der Waals surface area contributed by atoms with Crippen LogP contribution in [0, 0.1) is 5.92 Å². The number of hydrogen-bond acceptors (Lipinski definition) is 4. The predicted molar refractivity (Wildman–Crippen MR) is 81.2 cm³/mol. The van der Waals surface area contributed by atoms with Gasteiger partial charge in [0.15, 0.2) is 0 Å². The van der Waals surface area contributed by atoms with E-state index in [0.717, 1.165) is 6.42 Å². The number of amides is 1. The normalized spacial score (nSPS) is 16.1. The maximum Gasteiger partial charge on any atom is 0.237 e. The first-order chi connectivity index (χ1) is 8.97. The van der Waals surface area contributed by atoms with Crippen LogP contribution in [0.4, 0.5) is 0 Å². The van der Waals surface area contributed by atoms with E-state index < -0.39 is 6.04 Å². The molecule has 0 radical (unpaired) electrons. The molecule has 3 N–H and O–H groups in total. The van der Waals surface area contributed by atoms with Gasteiger partial charge in [-0.15, -0.1) is 11.3 Å². The van der Waals surface area contributed by atoms with Crippen LogP contribution < -0.4 is 11.1 Å². The Morgan fingerprint density at radius 2 is 2.21 bits per heavy atom. The van der Waals surface area contributed by atoms with Crippen molar-refractivity contribution in [3.63, 3.8) is 0 Å². The quantitative estimate of drug-likeness (QED) is 0.803. The van der Waals surface area contributed by atoms with Crippen molar-refractivity contribution in [1.29, 1.82) is 0 Å². The minimum Gasteiger partial charge on any atom is -0.353 e. The van der Waals surface area contributed by atoms with Crippen LogP contribution in [0.5, 0.6) is 0 Å². The zero-order chi connectivity index (χ0) is 14.4. The van der Waals surface area contributed by atoms with Crippen LogP contribution in [-0.4, -0.2) is 37.5 Å². The van der Waals surface area contributed by atoms with Gasteiger partial charge in [-0.05, 0) is 31.5 Å². The van der Waals surface area contributed by atoms with E-state index in [2.05, 4.69) is 21.7 Å². The Bertz CT molecular complexity index is 378. The SMILES string of the molecule is CC[C@H](C)[C@H](N)C(=O)NCC(c1cccs1)N(C)C. The molecule has 4 nitrogen and oxygen atoms in total. The van der Waals surface area contributed by atoms with Gasteiger partial charge in [-0.3, -0.25) is 4.79 Å². The molecule has 1 heterocycles. The fourth-order valence-electron chi connectivity index (χ4n) is 1.85. The summed E-state index contributed by atoms with van der Waals surface area (Å²) in [6.07, 6.45) is 0.913. The summed E-state index contributed by atoms with van der Waals surface area (Å²) in [5, 5.41) is 5.02. The average Bonchev–Trinajstić information content (AvgIpc) is 2.90. The van der Waals surface area contributed by atoms with Gasteiger partial charge in [0.1, 0.15) is 0 Å². The summed E-state index contributed by atoms with van der Waals surface area (Å²) in [7, 11) is 4.04. The molecule has 3 atom stereocenters. The van der Waals surface area contributed by atoms with E-state index in [1.54, 1.807) is 11.3 Å². The number of rotatable bonds is 7. The Hall–Kier alpha value is -0.910. The summed E-state index contributed by atoms with van der Waals surface area (Å²) < 4.78 is 0. The molecule has 1 rings (SSSR count). The van der Waals surface area contributed by atoms with Crippen molar-refractivity contribution in [2.75, 3.05) is 20.6 Å². The van der Waals surface area contributed by atoms with Gasteiger partial charge in [-0.25, -0.2) is 0 Å². The number of likely N-dealkylation sites (N-methyl/N-ethyl adjacent to an activating group) is 1. The lowest BCUT2D eigenvalue weighted by atomic mass is 9.99. The van der Waals surface area contributed by atoms with Crippen LogP contribution in [0.15, 0.2) is 17.5 Å². The smallest absolute Gasteiger partial charge is 0.237 e. The largest absolute Gasteiger partial charge is 0.353 e. The number of nitrogens with two attached hydrogens (primary N) is 1. The molecule has 0 bridgehead atoms. The summed E-state index contributed by atoms with van der Waals surface area (Å²) in [6.45, 7) is 4.65. The maximum absolute atomic E-state index is 12.0. The monoisotopic (exact) mass is 283 g/mol. The Kier molecular flexibility index (Phi) is 6.48. The third-order valence-electron chi connectivity index (χ3n) is 3.52. The lowest BCUT2D eigenvalue weighted by molar-refractivity contribution is -0.123. The summed E-state index contributed by atoms with van der Waals surface area (Å²) in [5.41, 5.74) is 5.93. The highest BCUT2D eigenvalue weighted by atomic mass is 32.1. The van der Waals surface area contributed by atoms with Crippen LogP contribution in [0.25, 0.3) is 0 Å². The Morgan fingerprint density at radius 3 is 2.68 bits per heavy atom. The second-order valence-corrected chi connectivity index (χ2v) is 6.13. The van der Waals surface area contributed by atoms with Crippen LogP contribution >= 0.6 is 11.3 Å². The molecule has 0 aromatic carbocycles. The first kappa shape index (κ1) is 16.1. The van der Waals surface area contributed by atoms with Gasteiger partial charge in [0, 0.05) is 11.4 Å². The topological polar surface area (TPSA) is 58.4 Å². The molecule has 0 aliphatic carbocycles. The van der Waals surface area contributed by atoms with Gasteiger partial charge < -0.3 is 16.0 Å². The number of nitrogens with one attached hydrogen (secondary N) is 1. The fourth-order valence-corrected chi connectivity index (χ4v) is 2.77. The minimum atomic E-state index is -0.420. The van der Waals surface area contributed by atoms with Crippen molar-refractivity contribution in [3.05, 3.63) is 22.4 Å². The molecule has 0 fully saturated rings. The van der Waals surface area contributed by atoms with Crippen LogP contribution in [0.3, 0.4) is 0 Å². The molecular formula is C14H25N3OS. The molecule has 0 saturated heterocycles. The number of thiophene rings is 1. The van der Waals surface area contributed by atoms with E-state index in [-0.39, 0.29) is 17.9 Å². The van der Waals surface area contributed by atoms with Crippen molar-refractivity contribution in [2.45, 2.75) is 32.4 Å². The zero-order valence-corrected chi connectivity index (χ0v) is 13.0. The highest BCUT2D eigenvalue weighted by molar-refractivity contribution is 7.10. The molecule has 19 heavy (non-hydrogen) atoms. The van der Waals surface area contributed by atoms with Gasteiger partial charge >= 0.3 is 0 Å². The van der Waals surface area contributed by atoms with Crippen molar-refractivity contribution in [3.8, 4) is 0 Å². The summed E-state index contributed by atoms with van der Waals surface area (Å²) in [5.74, 6) is 0.150. The molecule has 0 saturated carbocycles. The number of carbonyl (C=O) groups excluding carboxylic acids is 1. The van der Waals surface area contributed by atoms with E-state index >= 15 is 0 Å². The summed E-state index contributed by atoms with van der Waals surface area (Å²) in [6, 6.07) is 3.91. The van der Waals surface area contributed by atoms with Crippen LogP contribution in [0.2, 0.25) is 0 Å². The van der Waals surface area contributed by atoms with Crippen molar-refractivity contribution < 1.29 is 4.79 Å². The first-order valence-electron chi connectivity index (χ1n) is 6.70. The third kappa shape index (κ3) is 4.60. The Balaban J connectivity index is 2.56. The standard InChI is InChI=1S/C14H25N3OS/c1-5-10(2)13(15)14(18)16-9-11(17(3)4)12-7-6-8-19-12/h6-8,10-11,13H,5,9,15H2,1-4H3,(H,16,18)/t10-,11?,13-/m0/s1. The van der Waals surface area contributed by atoms with E-state index in [1.165, 1.54) is 4.88 Å². The molecule has 1 amide bonds. The molecular weight excluding hydrogens is 258 g/mol. The van der Waals surface area contributed by atoms with Gasteiger partial charge in [0.05, 0.1) is 12.1 Å². The Labute approximate surface area is 120 Å². The van der Waals surface area contributed by atoms with Gasteiger partial charge in [0.2, 0.25) is 5.91 Å². The van der Waals surface area contributed by atoms with Gasteiger partial charge in [-0.2, -0.15) is 0 Å². The van der Waals surface area contributed by atoms with Crippen molar-refractivity contribution >= 4 is 17.2 Å². The van der Waals surface area contributed by atoms with Crippen molar-refractivity contribution in [2.24, 2.45) is 11.7 Å². The molecule has 0 aliphatic rings.